The van der Waals surface area contributed by atoms with Crippen molar-refractivity contribution in [2.45, 2.75) is 51.6 Å². The lowest BCUT2D eigenvalue weighted by molar-refractivity contribution is 0.201. The van der Waals surface area contributed by atoms with E-state index in [0.29, 0.717) is 0 Å². The highest BCUT2D eigenvalue weighted by Gasteiger charge is 2.37. The van der Waals surface area contributed by atoms with E-state index in [9.17, 15) is 0 Å². The third-order valence-electron chi connectivity index (χ3n) is 3.41. The van der Waals surface area contributed by atoms with Crippen molar-refractivity contribution in [2.24, 2.45) is 5.92 Å². The summed E-state index contributed by atoms with van der Waals surface area (Å²) in [6, 6.07) is 1.89. The normalized spacial score (nSPS) is 38.5. The van der Waals surface area contributed by atoms with Crippen molar-refractivity contribution in [1.82, 2.24) is 4.90 Å². The minimum Gasteiger partial charge on any atom is -0.297 e. The Hall–Kier alpha value is -0.0400. The summed E-state index contributed by atoms with van der Waals surface area (Å²) in [5, 5.41) is 0. The first kappa shape index (κ1) is 7.60. The summed E-state index contributed by atoms with van der Waals surface area (Å²) in [5.41, 5.74) is 0. The molecule has 0 aromatic heterocycles. The number of hydrogen-bond donors (Lipinski definition) is 0. The predicted octanol–water partition coefficient (Wildman–Crippen LogP) is 2.27. The molecule has 0 aromatic rings. The largest absolute Gasteiger partial charge is 0.297 e. The Morgan fingerprint density at radius 1 is 1.18 bits per heavy atom. The number of hydrogen-bond acceptors (Lipinski definition) is 1. The second-order valence-corrected chi connectivity index (χ2v) is 4.42. The first-order valence-electron chi connectivity index (χ1n) is 5.05. The van der Waals surface area contributed by atoms with Crippen molar-refractivity contribution >= 4 is 0 Å². The van der Waals surface area contributed by atoms with E-state index in [1.807, 2.05) is 0 Å². The molecule has 0 saturated carbocycles. The standard InChI is InChI=1S/C10H19N/c1-8(2)10-6-5-9-4-3-7-11(9)10/h8-10H,3-7H2,1-2H3/t9-,10+/m1/s1. The average Bonchev–Trinajstić information content (AvgIpc) is 2.41. The fourth-order valence-corrected chi connectivity index (χ4v) is 2.85. The SMILES string of the molecule is CC(C)[C@@H]1CC[C@H]2CCCN21. The van der Waals surface area contributed by atoms with Gasteiger partial charge in [0.25, 0.3) is 0 Å². The first-order chi connectivity index (χ1) is 5.29. The molecule has 0 unspecified atom stereocenters. The van der Waals surface area contributed by atoms with Crippen LogP contribution < -0.4 is 0 Å². The molecular formula is C10H19N. The van der Waals surface area contributed by atoms with Crippen molar-refractivity contribution in [3.05, 3.63) is 0 Å². The Balaban J connectivity index is 2.03. The van der Waals surface area contributed by atoms with Crippen LogP contribution in [0.15, 0.2) is 0 Å². The van der Waals surface area contributed by atoms with Gasteiger partial charge in [0.2, 0.25) is 0 Å². The van der Waals surface area contributed by atoms with E-state index in [1.54, 1.807) is 0 Å². The van der Waals surface area contributed by atoms with E-state index in [2.05, 4.69) is 18.7 Å². The van der Waals surface area contributed by atoms with Crippen LogP contribution in [0.3, 0.4) is 0 Å². The van der Waals surface area contributed by atoms with Crippen LogP contribution >= 0.6 is 0 Å². The van der Waals surface area contributed by atoms with Crippen molar-refractivity contribution in [3.8, 4) is 0 Å². The molecule has 2 saturated heterocycles. The second-order valence-electron chi connectivity index (χ2n) is 4.42. The maximum Gasteiger partial charge on any atom is 0.0122 e. The third-order valence-corrected chi connectivity index (χ3v) is 3.41. The van der Waals surface area contributed by atoms with Gasteiger partial charge in [0.1, 0.15) is 0 Å². The predicted molar refractivity (Wildman–Crippen MR) is 47.6 cm³/mol. The van der Waals surface area contributed by atoms with Gasteiger partial charge in [-0.1, -0.05) is 13.8 Å². The van der Waals surface area contributed by atoms with Crippen molar-refractivity contribution in [1.29, 1.82) is 0 Å². The van der Waals surface area contributed by atoms with Crippen molar-refractivity contribution in [3.63, 3.8) is 0 Å². The van der Waals surface area contributed by atoms with Gasteiger partial charge in [0, 0.05) is 12.1 Å². The van der Waals surface area contributed by atoms with E-state index < -0.39 is 0 Å². The molecule has 2 aliphatic rings. The van der Waals surface area contributed by atoms with Crippen LogP contribution in [0.4, 0.5) is 0 Å². The lowest BCUT2D eigenvalue weighted by Gasteiger charge is -2.26. The zero-order chi connectivity index (χ0) is 7.84. The van der Waals surface area contributed by atoms with Crippen LogP contribution in [0.2, 0.25) is 0 Å². The third kappa shape index (κ3) is 1.20. The Morgan fingerprint density at radius 3 is 2.73 bits per heavy atom. The molecule has 1 nitrogen and oxygen atoms in total. The molecular weight excluding hydrogens is 134 g/mol. The van der Waals surface area contributed by atoms with Gasteiger partial charge >= 0.3 is 0 Å². The summed E-state index contributed by atoms with van der Waals surface area (Å²) in [7, 11) is 0. The molecule has 0 amide bonds. The minimum atomic E-state index is 0.873. The van der Waals surface area contributed by atoms with Crippen LogP contribution in [-0.2, 0) is 0 Å². The molecule has 0 radical (unpaired) electrons. The fourth-order valence-electron chi connectivity index (χ4n) is 2.85. The summed E-state index contributed by atoms with van der Waals surface area (Å²) in [6.45, 7) is 6.12. The van der Waals surface area contributed by atoms with Crippen molar-refractivity contribution < 1.29 is 0 Å². The Labute approximate surface area is 69.8 Å². The van der Waals surface area contributed by atoms with Gasteiger partial charge in [-0.05, 0) is 38.1 Å². The molecule has 2 fully saturated rings. The molecule has 0 aliphatic carbocycles. The summed E-state index contributed by atoms with van der Waals surface area (Å²) in [4.78, 5) is 2.75. The highest BCUT2D eigenvalue weighted by atomic mass is 15.2. The molecule has 1 heteroatoms. The van der Waals surface area contributed by atoms with E-state index in [0.717, 1.165) is 18.0 Å². The molecule has 64 valence electrons. The van der Waals surface area contributed by atoms with E-state index in [1.165, 1.54) is 32.2 Å². The summed E-state index contributed by atoms with van der Waals surface area (Å²) in [6.07, 6.45) is 5.86. The highest BCUT2D eigenvalue weighted by Crippen LogP contribution is 2.35. The zero-order valence-corrected chi connectivity index (χ0v) is 7.71. The van der Waals surface area contributed by atoms with Gasteiger partial charge < -0.3 is 0 Å². The quantitative estimate of drug-likeness (QED) is 0.558. The fraction of sp³-hybridized carbons (Fsp3) is 1.00. The smallest absolute Gasteiger partial charge is 0.0122 e. The maximum atomic E-state index is 2.75. The van der Waals surface area contributed by atoms with Crippen LogP contribution in [0.1, 0.15) is 39.5 Å². The van der Waals surface area contributed by atoms with Crippen LogP contribution in [0.25, 0.3) is 0 Å². The summed E-state index contributed by atoms with van der Waals surface area (Å²) >= 11 is 0. The molecule has 2 atom stereocenters. The van der Waals surface area contributed by atoms with Gasteiger partial charge in [-0.2, -0.15) is 0 Å². The first-order valence-corrected chi connectivity index (χ1v) is 5.05. The summed E-state index contributed by atoms with van der Waals surface area (Å²) < 4.78 is 0. The molecule has 0 bridgehead atoms. The van der Waals surface area contributed by atoms with Gasteiger partial charge in [-0.15, -0.1) is 0 Å². The lowest BCUT2D eigenvalue weighted by atomic mass is 10.0. The highest BCUT2D eigenvalue weighted by molar-refractivity contribution is 4.92. The molecule has 2 aliphatic heterocycles. The van der Waals surface area contributed by atoms with E-state index >= 15 is 0 Å². The number of rotatable bonds is 1. The average molecular weight is 153 g/mol. The van der Waals surface area contributed by atoms with Crippen LogP contribution in [-0.4, -0.2) is 23.5 Å². The van der Waals surface area contributed by atoms with E-state index in [4.69, 9.17) is 0 Å². The Bertz CT molecular complexity index is 142. The molecule has 2 heterocycles. The van der Waals surface area contributed by atoms with Gasteiger partial charge in [0.05, 0.1) is 0 Å². The monoisotopic (exact) mass is 153 g/mol. The Morgan fingerprint density at radius 2 is 2.00 bits per heavy atom. The summed E-state index contributed by atoms with van der Waals surface area (Å²) in [5.74, 6) is 0.873. The molecule has 0 spiro atoms. The van der Waals surface area contributed by atoms with Gasteiger partial charge in [-0.25, -0.2) is 0 Å². The topological polar surface area (TPSA) is 3.24 Å². The molecule has 11 heavy (non-hydrogen) atoms. The number of fused-ring (bicyclic) bond motifs is 1. The molecule has 0 N–H and O–H groups in total. The maximum absolute atomic E-state index is 2.75. The van der Waals surface area contributed by atoms with Crippen LogP contribution in [0, 0.1) is 5.92 Å². The molecule has 0 aromatic carbocycles. The van der Waals surface area contributed by atoms with Gasteiger partial charge in [0.15, 0.2) is 0 Å². The minimum absolute atomic E-state index is 0.873. The lowest BCUT2D eigenvalue weighted by Crippen LogP contribution is -2.34. The molecule has 2 rings (SSSR count). The van der Waals surface area contributed by atoms with Crippen LogP contribution in [0.5, 0.6) is 0 Å². The Kier molecular flexibility index (Phi) is 1.92. The second kappa shape index (κ2) is 2.78. The van der Waals surface area contributed by atoms with E-state index in [-0.39, 0.29) is 0 Å². The zero-order valence-electron chi connectivity index (χ0n) is 7.71. The van der Waals surface area contributed by atoms with Gasteiger partial charge in [-0.3, -0.25) is 4.90 Å². The number of nitrogens with zero attached hydrogens (tertiary/aromatic N) is 1. The van der Waals surface area contributed by atoms with Crippen molar-refractivity contribution in [2.75, 3.05) is 6.54 Å².